The second kappa shape index (κ2) is 8.58. The van der Waals surface area contributed by atoms with E-state index >= 15 is 0 Å². The summed E-state index contributed by atoms with van der Waals surface area (Å²) in [6.07, 6.45) is 2.18. The summed E-state index contributed by atoms with van der Waals surface area (Å²) < 4.78 is 5.59. The Hall–Kier alpha value is -3.02. The molecular formula is C21H25N3O3. The lowest BCUT2D eigenvalue weighted by Gasteiger charge is -2.16. The van der Waals surface area contributed by atoms with Gasteiger partial charge in [0.2, 0.25) is 0 Å². The van der Waals surface area contributed by atoms with E-state index in [1.165, 1.54) is 0 Å². The first kappa shape index (κ1) is 18.8. The number of anilines is 2. The Kier molecular flexibility index (Phi) is 5.96. The van der Waals surface area contributed by atoms with Gasteiger partial charge >= 0.3 is 6.03 Å². The van der Waals surface area contributed by atoms with E-state index in [0.29, 0.717) is 16.9 Å². The van der Waals surface area contributed by atoms with Crippen LogP contribution in [0.3, 0.4) is 0 Å². The number of hydrogen-bond donors (Lipinski definition) is 2. The minimum absolute atomic E-state index is 0.0863. The van der Waals surface area contributed by atoms with Crippen LogP contribution in [0, 0.1) is 0 Å². The second-order valence-corrected chi connectivity index (χ2v) is 6.85. The largest absolute Gasteiger partial charge is 0.491 e. The molecule has 2 N–H and O–H groups in total. The van der Waals surface area contributed by atoms with Gasteiger partial charge in [-0.3, -0.25) is 4.79 Å². The Morgan fingerprint density at radius 3 is 2.22 bits per heavy atom. The van der Waals surface area contributed by atoms with Crippen LogP contribution >= 0.6 is 0 Å². The predicted molar refractivity (Wildman–Crippen MR) is 106 cm³/mol. The third-order valence-electron chi connectivity index (χ3n) is 4.25. The summed E-state index contributed by atoms with van der Waals surface area (Å²) in [4.78, 5) is 26.4. The van der Waals surface area contributed by atoms with Gasteiger partial charge in [-0.25, -0.2) is 4.79 Å². The zero-order chi connectivity index (χ0) is 19.2. The highest BCUT2D eigenvalue weighted by atomic mass is 16.5. The molecule has 3 amide bonds. The van der Waals surface area contributed by atoms with Crippen molar-refractivity contribution in [2.45, 2.75) is 32.8 Å². The molecule has 2 aromatic rings. The molecule has 0 aromatic heterocycles. The Balaban J connectivity index is 1.61. The van der Waals surface area contributed by atoms with E-state index in [4.69, 9.17) is 4.74 Å². The molecule has 0 bridgehead atoms. The molecule has 2 aromatic carbocycles. The molecule has 1 saturated heterocycles. The minimum atomic E-state index is -0.214. The molecule has 0 radical (unpaired) electrons. The van der Waals surface area contributed by atoms with E-state index in [2.05, 4.69) is 10.6 Å². The molecule has 1 aliphatic rings. The number of nitrogens with one attached hydrogen (secondary N) is 2. The fourth-order valence-electron chi connectivity index (χ4n) is 2.96. The molecule has 27 heavy (non-hydrogen) atoms. The number of urea groups is 1. The summed E-state index contributed by atoms with van der Waals surface area (Å²) in [6, 6.07) is 14.1. The third-order valence-corrected chi connectivity index (χ3v) is 4.25. The highest BCUT2D eigenvalue weighted by molar-refractivity contribution is 6.04. The number of nitrogens with zero attached hydrogens (tertiary/aromatic N) is 1. The summed E-state index contributed by atoms with van der Waals surface area (Å²) >= 11 is 0. The molecule has 6 heteroatoms. The Morgan fingerprint density at radius 1 is 0.963 bits per heavy atom. The lowest BCUT2D eigenvalue weighted by Crippen LogP contribution is -2.32. The summed E-state index contributed by atoms with van der Waals surface area (Å²) in [7, 11) is 0. The average molecular weight is 367 g/mol. The first-order chi connectivity index (χ1) is 13.0. The van der Waals surface area contributed by atoms with Crippen molar-refractivity contribution in [3.63, 3.8) is 0 Å². The molecule has 142 valence electrons. The van der Waals surface area contributed by atoms with Gasteiger partial charge in [0.25, 0.3) is 5.91 Å². The van der Waals surface area contributed by atoms with Crippen molar-refractivity contribution in [3.8, 4) is 5.75 Å². The van der Waals surface area contributed by atoms with E-state index in [0.717, 1.165) is 31.7 Å². The second-order valence-electron chi connectivity index (χ2n) is 6.85. The molecule has 1 heterocycles. The quantitative estimate of drug-likeness (QED) is 0.825. The number of carbonyl (C=O) groups excluding carboxylic acids is 2. The number of carbonyl (C=O) groups is 2. The first-order valence-corrected chi connectivity index (χ1v) is 9.25. The van der Waals surface area contributed by atoms with Crippen LogP contribution in [-0.4, -0.2) is 36.0 Å². The maximum atomic E-state index is 12.4. The summed E-state index contributed by atoms with van der Waals surface area (Å²) in [5.74, 6) is 0.516. The number of ether oxygens (including phenoxy) is 1. The van der Waals surface area contributed by atoms with Crippen molar-refractivity contribution >= 4 is 23.3 Å². The van der Waals surface area contributed by atoms with Gasteiger partial charge in [-0.1, -0.05) is 6.07 Å². The van der Waals surface area contributed by atoms with Gasteiger partial charge in [-0.15, -0.1) is 0 Å². The van der Waals surface area contributed by atoms with Gasteiger partial charge in [0, 0.05) is 30.0 Å². The van der Waals surface area contributed by atoms with Crippen molar-refractivity contribution in [1.82, 2.24) is 4.90 Å². The number of rotatable bonds is 5. The van der Waals surface area contributed by atoms with Gasteiger partial charge in [0.1, 0.15) is 5.75 Å². The summed E-state index contributed by atoms with van der Waals surface area (Å²) in [5.41, 5.74) is 1.82. The van der Waals surface area contributed by atoms with Crippen LogP contribution in [0.25, 0.3) is 0 Å². The number of benzene rings is 2. The average Bonchev–Trinajstić information content (AvgIpc) is 3.17. The maximum absolute atomic E-state index is 12.4. The van der Waals surface area contributed by atoms with E-state index in [9.17, 15) is 9.59 Å². The maximum Gasteiger partial charge on any atom is 0.321 e. The first-order valence-electron chi connectivity index (χ1n) is 9.25. The standard InChI is InChI=1S/C21H25N3O3/c1-15(2)27-19-10-8-16(9-11-19)20(25)22-17-6-5-7-18(14-17)23-21(26)24-12-3-4-13-24/h5-11,14-15H,3-4,12-13H2,1-2H3,(H,22,25)(H,23,26). The number of hydrogen-bond acceptors (Lipinski definition) is 3. The molecule has 0 saturated carbocycles. The topological polar surface area (TPSA) is 70.7 Å². The van der Waals surface area contributed by atoms with Crippen LogP contribution in [0.5, 0.6) is 5.75 Å². The van der Waals surface area contributed by atoms with Gasteiger partial charge in [-0.05, 0) is 69.2 Å². The number of likely N-dealkylation sites (tertiary alicyclic amines) is 1. The molecule has 6 nitrogen and oxygen atoms in total. The number of amides is 3. The van der Waals surface area contributed by atoms with E-state index < -0.39 is 0 Å². The summed E-state index contributed by atoms with van der Waals surface area (Å²) in [6.45, 7) is 5.49. The Bertz CT molecular complexity index is 797. The molecule has 3 rings (SSSR count). The van der Waals surface area contributed by atoms with Gasteiger partial charge < -0.3 is 20.3 Å². The minimum Gasteiger partial charge on any atom is -0.491 e. The van der Waals surface area contributed by atoms with Crippen molar-refractivity contribution in [1.29, 1.82) is 0 Å². The monoisotopic (exact) mass is 367 g/mol. The molecule has 1 fully saturated rings. The van der Waals surface area contributed by atoms with Gasteiger partial charge in [0.15, 0.2) is 0 Å². The fourth-order valence-corrected chi connectivity index (χ4v) is 2.96. The zero-order valence-electron chi connectivity index (χ0n) is 15.7. The molecule has 0 unspecified atom stereocenters. The zero-order valence-corrected chi connectivity index (χ0v) is 15.7. The van der Waals surface area contributed by atoms with Crippen LogP contribution in [0.15, 0.2) is 48.5 Å². The van der Waals surface area contributed by atoms with Crippen molar-refractivity contribution < 1.29 is 14.3 Å². The van der Waals surface area contributed by atoms with Gasteiger partial charge in [-0.2, -0.15) is 0 Å². The SMILES string of the molecule is CC(C)Oc1ccc(C(=O)Nc2cccc(NC(=O)N3CCCC3)c2)cc1. The molecule has 0 spiro atoms. The molecule has 0 aliphatic carbocycles. The van der Waals surface area contributed by atoms with Crippen LogP contribution in [0.4, 0.5) is 16.2 Å². The predicted octanol–water partition coefficient (Wildman–Crippen LogP) is 4.35. The third kappa shape index (κ3) is 5.23. The van der Waals surface area contributed by atoms with Crippen molar-refractivity contribution in [3.05, 3.63) is 54.1 Å². The van der Waals surface area contributed by atoms with Crippen LogP contribution in [0.2, 0.25) is 0 Å². The Morgan fingerprint density at radius 2 is 1.59 bits per heavy atom. The van der Waals surface area contributed by atoms with Crippen LogP contribution < -0.4 is 15.4 Å². The van der Waals surface area contributed by atoms with Crippen molar-refractivity contribution in [2.75, 3.05) is 23.7 Å². The highest BCUT2D eigenvalue weighted by Gasteiger charge is 2.17. The van der Waals surface area contributed by atoms with Crippen molar-refractivity contribution in [2.24, 2.45) is 0 Å². The van der Waals surface area contributed by atoms with Gasteiger partial charge in [0.05, 0.1) is 6.10 Å². The normalized spacial score (nSPS) is 13.5. The summed E-state index contributed by atoms with van der Waals surface area (Å²) in [5, 5.41) is 5.74. The van der Waals surface area contributed by atoms with E-state index in [1.807, 2.05) is 19.9 Å². The van der Waals surface area contributed by atoms with Crippen LogP contribution in [-0.2, 0) is 0 Å². The van der Waals surface area contributed by atoms with E-state index in [1.54, 1.807) is 47.4 Å². The molecule has 1 aliphatic heterocycles. The fraction of sp³-hybridized carbons (Fsp3) is 0.333. The molecule has 0 atom stereocenters. The molecular weight excluding hydrogens is 342 g/mol. The Labute approximate surface area is 159 Å². The lowest BCUT2D eigenvalue weighted by atomic mass is 10.2. The smallest absolute Gasteiger partial charge is 0.321 e. The highest BCUT2D eigenvalue weighted by Crippen LogP contribution is 2.19. The van der Waals surface area contributed by atoms with E-state index in [-0.39, 0.29) is 18.0 Å². The lowest BCUT2D eigenvalue weighted by molar-refractivity contribution is 0.102. The van der Waals surface area contributed by atoms with Crippen LogP contribution in [0.1, 0.15) is 37.0 Å².